The summed E-state index contributed by atoms with van der Waals surface area (Å²) in [6.45, 7) is 2.06. The first-order valence-corrected chi connectivity index (χ1v) is 6.11. The van der Waals surface area contributed by atoms with Crippen LogP contribution in [0, 0.1) is 12.3 Å². The van der Waals surface area contributed by atoms with E-state index in [0.29, 0.717) is 0 Å². The molecule has 0 bridgehead atoms. The molecule has 19 heavy (non-hydrogen) atoms. The Labute approximate surface area is 111 Å². The highest BCUT2D eigenvalue weighted by atomic mass is 16.7. The Morgan fingerprint density at radius 3 is 3.16 bits per heavy atom. The van der Waals surface area contributed by atoms with Crippen LogP contribution in [0.3, 0.4) is 0 Å². The minimum absolute atomic E-state index is 0.00121. The van der Waals surface area contributed by atoms with Crippen molar-refractivity contribution >= 4 is 5.91 Å². The summed E-state index contributed by atoms with van der Waals surface area (Å²) in [5.41, 5.74) is 1.11. The number of hydrogen-bond donors (Lipinski definition) is 1. The third kappa shape index (κ3) is 2.49. The number of carbonyl (C=O) groups is 1. The Hall–Kier alpha value is -2.19. The molecule has 1 aromatic carbocycles. The third-order valence-corrected chi connectivity index (χ3v) is 3.20. The van der Waals surface area contributed by atoms with Crippen molar-refractivity contribution in [3.63, 3.8) is 0 Å². The summed E-state index contributed by atoms with van der Waals surface area (Å²) in [7, 11) is 0. The van der Waals surface area contributed by atoms with E-state index in [4.69, 9.17) is 15.9 Å². The van der Waals surface area contributed by atoms with Crippen LogP contribution in [0.15, 0.2) is 18.2 Å². The number of amides is 1. The van der Waals surface area contributed by atoms with Crippen LogP contribution in [-0.4, -0.2) is 36.7 Å². The van der Waals surface area contributed by atoms with Crippen molar-refractivity contribution in [2.45, 2.75) is 12.6 Å². The van der Waals surface area contributed by atoms with Gasteiger partial charge >= 0.3 is 0 Å². The highest BCUT2D eigenvalue weighted by Gasteiger charge is 2.39. The molecule has 1 saturated heterocycles. The number of rotatable bonds is 4. The van der Waals surface area contributed by atoms with Gasteiger partial charge in [-0.1, -0.05) is 12.0 Å². The lowest BCUT2D eigenvalue weighted by molar-refractivity contribution is -0.121. The van der Waals surface area contributed by atoms with E-state index in [1.165, 1.54) is 0 Å². The van der Waals surface area contributed by atoms with Crippen molar-refractivity contribution in [1.82, 2.24) is 10.2 Å². The molecule has 1 fully saturated rings. The van der Waals surface area contributed by atoms with Gasteiger partial charge in [0.1, 0.15) is 6.04 Å². The molecule has 0 spiro atoms. The second-order valence-corrected chi connectivity index (χ2v) is 4.55. The summed E-state index contributed by atoms with van der Waals surface area (Å²) in [5.74, 6) is 3.94. The van der Waals surface area contributed by atoms with Crippen LogP contribution in [0.5, 0.6) is 11.5 Å². The summed E-state index contributed by atoms with van der Waals surface area (Å²) in [6, 6.07) is 5.78. The minimum atomic E-state index is -0.0567. The van der Waals surface area contributed by atoms with E-state index < -0.39 is 0 Å². The fraction of sp³-hybridized carbons (Fsp3) is 0.357. The zero-order valence-electron chi connectivity index (χ0n) is 10.4. The monoisotopic (exact) mass is 258 g/mol. The fourth-order valence-electron chi connectivity index (χ4n) is 2.13. The Morgan fingerprint density at radius 1 is 1.47 bits per heavy atom. The smallest absolute Gasteiger partial charge is 0.239 e. The quantitative estimate of drug-likeness (QED) is 0.625. The predicted molar refractivity (Wildman–Crippen MR) is 68.6 cm³/mol. The van der Waals surface area contributed by atoms with Gasteiger partial charge in [0.2, 0.25) is 12.7 Å². The van der Waals surface area contributed by atoms with E-state index in [1.54, 1.807) is 0 Å². The van der Waals surface area contributed by atoms with Crippen LogP contribution < -0.4 is 14.8 Å². The molecule has 0 saturated carbocycles. The maximum Gasteiger partial charge on any atom is 0.239 e. The molecule has 0 radical (unpaired) electrons. The molecule has 1 aromatic rings. The lowest BCUT2D eigenvalue weighted by Gasteiger charge is -2.05. The fourth-order valence-corrected chi connectivity index (χ4v) is 2.13. The van der Waals surface area contributed by atoms with Gasteiger partial charge in [0, 0.05) is 13.1 Å². The molecule has 1 N–H and O–H groups in total. The lowest BCUT2D eigenvalue weighted by Crippen LogP contribution is -2.30. The third-order valence-electron chi connectivity index (χ3n) is 3.20. The molecular weight excluding hydrogens is 244 g/mol. The number of benzene rings is 1. The van der Waals surface area contributed by atoms with E-state index in [9.17, 15) is 4.79 Å². The second-order valence-electron chi connectivity index (χ2n) is 4.55. The van der Waals surface area contributed by atoms with Gasteiger partial charge in [-0.05, 0) is 17.7 Å². The first-order chi connectivity index (χ1) is 9.28. The van der Waals surface area contributed by atoms with Gasteiger partial charge in [0.05, 0.1) is 6.54 Å². The van der Waals surface area contributed by atoms with Gasteiger partial charge in [0.15, 0.2) is 11.5 Å². The van der Waals surface area contributed by atoms with Crippen molar-refractivity contribution in [3.05, 3.63) is 23.8 Å². The second kappa shape index (κ2) is 4.82. The summed E-state index contributed by atoms with van der Waals surface area (Å²) in [5, 5.41) is 2.69. The Kier molecular flexibility index (Phi) is 3.02. The summed E-state index contributed by atoms with van der Waals surface area (Å²) >= 11 is 0. The molecule has 1 amide bonds. The highest BCUT2D eigenvalue weighted by molar-refractivity contribution is 5.84. The summed E-state index contributed by atoms with van der Waals surface area (Å²) in [6.07, 6.45) is 5.10. The molecule has 98 valence electrons. The Bertz CT molecular complexity index is 550. The molecule has 2 aliphatic heterocycles. The van der Waals surface area contributed by atoms with Crippen molar-refractivity contribution in [2.75, 3.05) is 19.9 Å². The number of fused-ring (bicyclic) bond motifs is 1. The molecular formula is C14H14N2O3. The Morgan fingerprint density at radius 2 is 2.32 bits per heavy atom. The van der Waals surface area contributed by atoms with Crippen molar-refractivity contribution in [2.24, 2.45) is 0 Å². The molecule has 2 aliphatic rings. The highest BCUT2D eigenvalue weighted by Crippen LogP contribution is 2.33. The van der Waals surface area contributed by atoms with Gasteiger partial charge in [-0.15, -0.1) is 6.42 Å². The Balaban J connectivity index is 1.56. The number of nitrogens with one attached hydrogen (secondary N) is 1. The van der Waals surface area contributed by atoms with E-state index in [2.05, 4.69) is 16.1 Å². The molecule has 0 aliphatic carbocycles. The average molecular weight is 258 g/mol. The normalized spacial score (nSPS) is 22.7. The van der Waals surface area contributed by atoms with Gasteiger partial charge in [0.25, 0.3) is 0 Å². The van der Waals surface area contributed by atoms with Gasteiger partial charge in [-0.3, -0.25) is 9.69 Å². The van der Waals surface area contributed by atoms with Crippen LogP contribution >= 0.6 is 0 Å². The van der Waals surface area contributed by atoms with Crippen molar-refractivity contribution < 1.29 is 14.3 Å². The van der Waals surface area contributed by atoms with Gasteiger partial charge < -0.3 is 14.8 Å². The first-order valence-electron chi connectivity index (χ1n) is 6.11. The number of carbonyl (C=O) groups excluding carboxylic acids is 1. The van der Waals surface area contributed by atoms with E-state index in [1.807, 2.05) is 18.2 Å². The summed E-state index contributed by atoms with van der Waals surface area (Å²) in [4.78, 5) is 13.7. The van der Waals surface area contributed by atoms with E-state index >= 15 is 0 Å². The van der Waals surface area contributed by atoms with Crippen LogP contribution in [0.25, 0.3) is 0 Å². The van der Waals surface area contributed by atoms with Crippen LogP contribution in [-0.2, 0) is 11.3 Å². The predicted octanol–water partition coefficient (Wildman–Crippen LogP) is 0.349. The van der Waals surface area contributed by atoms with Gasteiger partial charge in [-0.2, -0.15) is 0 Å². The van der Waals surface area contributed by atoms with E-state index in [0.717, 1.165) is 30.2 Å². The largest absolute Gasteiger partial charge is 0.454 e. The van der Waals surface area contributed by atoms with Crippen molar-refractivity contribution in [1.29, 1.82) is 0 Å². The van der Waals surface area contributed by atoms with Crippen molar-refractivity contribution in [3.8, 4) is 23.8 Å². The zero-order valence-corrected chi connectivity index (χ0v) is 10.4. The van der Waals surface area contributed by atoms with E-state index in [-0.39, 0.29) is 25.3 Å². The average Bonchev–Trinajstić information content (AvgIpc) is 3.02. The molecule has 2 unspecified atom stereocenters. The number of nitrogens with zero attached hydrogens (tertiary/aromatic N) is 1. The van der Waals surface area contributed by atoms with Crippen LogP contribution in [0.2, 0.25) is 0 Å². The first kappa shape index (κ1) is 11.9. The summed E-state index contributed by atoms with van der Waals surface area (Å²) < 4.78 is 10.6. The lowest BCUT2D eigenvalue weighted by atomic mass is 10.2. The molecule has 5 nitrogen and oxygen atoms in total. The zero-order chi connectivity index (χ0) is 13.2. The number of ether oxygens (including phenoxy) is 2. The molecule has 5 heteroatoms. The maximum absolute atomic E-state index is 11.7. The molecule has 2 atom stereocenters. The standard InChI is InChI=1S/C14H14N2O3/c1-2-5-15-14(17)11-8-16(11)7-10-3-4-12-13(6-10)19-9-18-12/h1,3-4,6,11H,5,7-9H2,(H,15,17). The number of hydrogen-bond acceptors (Lipinski definition) is 4. The minimum Gasteiger partial charge on any atom is -0.454 e. The van der Waals surface area contributed by atoms with Gasteiger partial charge in [-0.25, -0.2) is 0 Å². The molecule has 2 heterocycles. The number of terminal acetylenes is 1. The van der Waals surface area contributed by atoms with Crippen LogP contribution in [0.4, 0.5) is 0 Å². The topological polar surface area (TPSA) is 50.6 Å². The SMILES string of the molecule is C#CCNC(=O)C1CN1Cc1ccc2c(c1)OCO2. The van der Waals surface area contributed by atoms with Crippen LogP contribution in [0.1, 0.15) is 5.56 Å². The maximum atomic E-state index is 11.7. The molecule has 3 rings (SSSR count). The molecule has 0 aromatic heterocycles.